The van der Waals surface area contributed by atoms with Gasteiger partial charge in [-0.1, -0.05) is 6.92 Å². The smallest absolute Gasteiger partial charge is 0.142 e. The fourth-order valence-corrected chi connectivity index (χ4v) is 4.90. The predicted molar refractivity (Wildman–Crippen MR) is 107 cm³/mol. The topological polar surface area (TPSA) is 34.4 Å². The molecular weight excluding hydrogens is 310 g/mol. The Balaban J connectivity index is 1.50. The Labute approximate surface area is 154 Å². The molecule has 1 aliphatic carbocycles. The first-order valence-corrected chi connectivity index (χ1v) is 10.2. The van der Waals surface area contributed by atoms with Crippen LogP contribution in [0.2, 0.25) is 0 Å². The van der Waals surface area contributed by atoms with Crippen LogP contribution >= 0.6 is 0 Å². The summed E-state index contributed by atoms with van der Waals surface area (Å²) in [7, 11) is 4.44. The molecule has 5 heteroatoms. The van der Waals surface area contributed by atoms with Gasteiger partial charge in [0.05, 0.1) is 18.8 Å². The number of amidine groups is 1. The van der Waals surface area contributed by atoms with E-state index in [1.54, 1.807) is 0 Å². The van der Waals surface area contributed by atoms with Crippen molar-refractivity contribution in [3.63, 3.8) is 0 Å². The zero-order valence-corrected chi connectivity index (χ0v) is 16.9. The summed E-state index contributed by atoms with van der Waals surface area (Å²) in [4.78, 5) is 17.2. The molecule has 3 rings (SSSR count). The molecule has 2 heterocycles. The Morgan fingerprint density at radius 2 is 1.84 bits per heavy atom. The molecule has 0 N–H and O–H groups in total. The number of hydrogen-bond acceptors (Lipinski definition) is 5. The Kier molecular flexibility index (Phi) is 6.16. The van der Waals surface area contributed by atoms with Crippen molar-refractivity contribution in [3.05, 3.63) is 0 Å². The summed E-state index contributed by atoms with van der Waals surface area (Å²) in [6.07, 6.45) is 5.97. The van der Waals surface area contributed by atoms with Crippen molar-refractivity contribution in [2.24, 2.45) is 21.8 Å². The number of piperazine rings is 1. The third kappa shape index (κ3) is 4.43. The van der Waals surface area contributed by atoms with Crippen molar-refractivity contribution >= 4 is 12.1 Å². The Morgan fingerprint density at radius 1 is 1.12 bits per heavy atom. The quantitative estimate of drug-likeness (QED) is 0.785. The summed E-state index contributed by atoms with van der Waals surface area (Å²) in [5.41, 5.74) is 0. The fraction of sp³-hybridized carbons (Fsp3) is 0.900. The number of nitrogens with zero attached hydrogens (tertiary/aromatic N) is 5. The molecule has 142 valence electrons. The van der Waals surface area contributed by atoms with E-state index in [2.05, 4.69) is 55.8 Å². The van der Waals surface area contributed by atoms with Crippen LogP contribution in [0.5, 0.6) is 0 Å². The molecule has 0 radical (unpaired) electrons. The first-order chi connectivity index (χ1) is 12.0. The highest BCUT2D eigenvalue weighted by atomic mass is 15.3. The first kappa shape index (κ1) is 18.8. The molecular formula is C20H37N5. The lowest BCUT2D eigenvalue weighted by molar-refractivity contribution is 0.123. The van der Waals surface area contributed by atoms with E-state index in [9.17, 15) is 0 Å². The summed E-state index contributed by atoms with van der Waals surface area (Å²) in [5.74, 6) is 2.60. The highest BCUT2D eigenvalue weighted by Gasteiger charge is 2.33. The third-order valence-electron chi connectivity index (χ3n) is 6.56. The van der Waals surface area contributed by atoms with Crippen molar-refractivity contribution in [1.29, 1.82) is 0 Å². The summed E-state index contributed by atoms with van der Waals surface area (Å²) in [6.45, 7) is 12.3. The molecule has 0 aromatic carbocycles. The van der Waals surface area contributed by atoms with Gasteiger partial charge in [0.2, 0.25) is 0 Å². The highest BCUT2D eigenvalue weighted by molar-refractivity contribution is 6.29. The molecule has 0 aromatic rings. The van der Waals surface area contributed by atoms with E-state index < -0.39 is 0 Å². The molecule has 5 nitrogen and oxygen atoms in total. The lowest BCUT2D eigenvalue weighted by atomic mass is 9.75. The third-order valence-corrected chi connectivity index (χ3v) is 6.56. The average Bonchev–Trinajstić information content (AvgIpc) is 2.61. The van der Waals surface area contributed by atoms with Gasteiger partial charge in [-0.2, -0.15) is 0 Å². The van der Waals surface area contributed by atoms with Crippen molar-refractivity contribution < 1.29 is 0 Å². The van der Waals surface area contributed by atoms with Crippen molar-refractivity contribution in [3.8, 4) is 0 Å². The van der Waals surface area contributed by atoms with E-state index in [0.29, 0.717) is 18.0 Å². The van der Waals surface area contributed by atoms with E-state index in [4.69, 9.17) is 9.98 Å². The molecule has 2 fully saturated rings. The largest absolute Gasteiger partial charge is 0.353 e. The minimum Gasteiger partial charge on any atom is -0.353 e. The van der Waals surface area contributed by atoms with Crippen LogP contribution in [0.1, 0.15) is 40.0 Å². The van der Waals surface area contributed by atoms with Gasteiger partial charge in [0.1, 0.15) is 5.84 Å². The standard InChI is InChI=1S/C20H37N5/c1-15(2)24-8-10-25(11-9-24)20-14-21-18(13-22-20)17-6-7-19(23(4)5)16(3)12-17/h14-19H,6-13H2,1-5H3. The van der Waals surface area contributed by atoms with Crippen LogP contribution in [0, 0.1) is 11.8 Å². The normalized spacial score (nSPS) is 34.7. The molecule has 0 aromatic heterocycles. The Morgan fingerprint density at radius 3 is 2.36 bits per heavy atom. The van der Waals surface area contributed by atoms with Gasteiger partial charge in [-0.05, 0) is 59.0 Å². The molecule has 1 saturated carbocycles. The van der Waals surface area contributed by atoms with Gasteiger partial charge in [-0.25, -0.2) is 0 Å². The lowest BCUT2D eigenvalue weighted by Crippen LogP contribution is -2.51. The number of aliphatic imine (C=N–C) groups is 2. The van der Waals surface area contributed by atoms with Gasteiger partial charge < -0.3 is 9.80 Å². The molecule has 0 spiro atoms. The second kappa shape index (κ2) is 8.17. The maximum atomic E-state index is 4.94. The maximum Gasteiger partial charge on any atom is 0.142 e. The van der Waals surface area contributed by atoms with Crippen LogP contribution in [0.3, 0.4) is 0 Å². The average molecular weight is 348 g/mol. The van der Waals surface area contributed by atoms with E-state index in [1.807, 2.05) is 0 Å². The molecule has 0 amide bonds. The predicted octanol–water partition coefficient (Wildman–Crippen LogP) is 2.23. The highest BCUT2D eigenvalue weighted by Crippen LogP contribution is 2.34. The lowest BCUT2D eigenvalue weighted by Gasteiger charge is -2.41. The van der Waals surface area contributed by atoms with Crippen molar-refractivity contribution in [1.82, 2.24) is 14.7 Å². The maximum absolute atomic E-state index is 4.94. The number of rotatable bonds is 3. The molecule has 1 saturated heterocycles. The van der Waals surface area contributed by atoms with Gasteiger partial charge in [0.25, 0.3) is 0 Å². The molecule has 4 atom stereocenters. The first-order valence-electron chi connectivity index (χ1n) is 10.2. The minimum absolute atomic E-state index is 0.409. The summed E-state index contributed by atoms with van der Waals surface area (Å²) < 4.78 is 0. The molecule has 0 bridgehead atoms. The van der Waals surface area contributed by atoms with E-state index in [1.165, 1.54) is 19.3 Å². The number of hydrogen-bond donors (Lipinski definition) is 0. The Hall–Kier alpha value is -0.940. The van der Waals surface area contributed by atoms with Crippen LogP contribution < -0.4 is 0 Å². The van der Waals surface area contributed by atoms with Crippen molar-refractivity contribution in [2.45, 2.75) is 58.2 Å². The molecule has 25 heavy (non-hydrogen) atoms. The summed E-state index contributed by atoms with van der Waals surface area (Å²) in [5, 5.41) is 0. The van der Waals surface area contributed by atoms with E-state index in [-0.39, 0.29) is 0 Å². The van der Waals surface area contributed by atoms with Crippen LogP contribution in [-0.4, -0.2) is 91.7 Å². The minimum atomic E-state index is 0.409. The van der Waals surface area contributed by atoms with Gasteiger partial charge in [0.15, 0.2) is 0 Å². The van der Waals surface area contributed by atoms with Gasteiger partial charge in [0, 0.05) is 38.3 Å². The van der Waals surface area contributed by atoms with Gasteiger partial charge >= 0.3 is 0 Å². The summed E-state index contributed by atoms with van der Waals surface area (Å²) >= 11 is 0. The zero-order chi connectivity index (χ0) is 18.0. The SMILES string of the molecule is CC1CC(C2CN=C(N3CCN(C(C)C)CC3)C=N2)CCC1N(C)C. The van der Waals surface area contributed by atoms with E-state index in [0.717, 1.165) is 50.5 Å². The van der Waals surface area contributed by atoms with Crippen LogP contribution in [0.4, 0.5) is 0 Å². The summed E-state index contributed by atoms with van der Waals surface area (Å²) in [6, 6.07) is 1.79. The molecule has 2 aliphatic heterocycles. The van der Waals surface area contributed by atoms with Crippen LogP contribution in [0.15, 0.2) is 9.98 Å². The Bertz CT molecular complexity index is 490. The molecule has 4 unspecified atom stereocenters. The van der Waals surface area contributed by atoms with Gasteiger partial charge in [-0.3, -0.25) is 14.9 Å². The van der Waals surface area contributed by atoms with Crippen LogP contribution in [0.25, 0.3) is 0 Å². The van der Waals surface area contributed by atoms with Crippen molar-refractivity contribution in [2.75, 3.05) is 46.8 Å². The monoisotopic (exact) mass is 347 g/mol. The van der Waals surface area contributed by atoms with E-state index >= 15 is 0 Å². The second-order valence-corrected chi connectivity index (χ2v) is 8.74. The second-order valence-electron chi connectivity index (χ2n) is 8.74. The fourth-order valence-electron chi connectivity index (χ4n) is 4.90. The van der Waals surface area contributed by atoms with Gasteiger partial charge in [-0.15, -0.1) is 0 Å². The van der Waals surface area contributed by atoms with Crippen LogP contribution in [-0.2, 0) is 0 Å². The molecule has 3 aliphatic rings. The zero-order valence-electron chi connectivity index (χ0n) is 16.9.